The highest BCUT2D eigenvalue weighted by atomic mass is 32.2. The SMILES string of the molecule is Cc1ccccc1CCNC(=O)[C@H](CC(F)F)NC(=O)[C@@H]1C(C(C)C)CCN1C(=O)[C@@H](NC(=O)N[C@H](CN(C)S(C)(=O)=O)C(C)(C)C)C(C)(C)C. The average molecular weight is 743 g/mol. The predicted octanol–water partition coefficient (Wildman–Crippen LogP) is 3.69. The summed E-state index contributed by atoms with van der Waals surface area (Å²) in [5.74, 6) is -2.40. The largest absolute Gasteiger partial charge is 0.354 e. The smallest absolute Gasteiger partial charge is 0.315 e. The number of likely N-dealkylation sites (N-methyl/N-ethyl adjacent to an activating group) is 1. The Hall–Kier alpha value is -3.33. The Kier molecular flexibility index (Phi) is 15.4. The zero-order chi connectivity index (χ0) is 39.1. The van der Waals surface area contributed by atoms with Gasteiger partial charge in [0.2, 0.25) is 34.2 Å². The van der Waals surface area contributed by atoms with E-state index in [1.807, 2.05) is 65.8 Å². The van der Waals surface area contributed by atoms with Crippen LogP contribution in [0.4, 0.5) is 13.6 Å². The molecule has 5 amide bonds. The van der Waals surface area contributed by atoms with Crippen molar-refractivity contribution in [1.82, 2.24) is 30.5 Å². The molecule has 0 aromatic heterocycles. The number of benzene rings is 1. The second kappa shape index (κ2) is 17.9. The molecule has 0 radical (unpaired) electrons. The predicted molar refractivity (Wildman–Crippen MR) is 195 cm³/mol. The van der Waals surface area contributed by atoms with E-state index in [9.17, 15) is 36.4 Å². The number of nitrogens with zero attached hydrogens (tertiary/aromatic N) is 2. The summed E-state index contributed by atoms with van der Waals surface area (Å²) in [6.45, 7) is 17.0. The molecular formula is C36H60F2N6O6S. The van der Waals surface area contributed by atoms with Gasteiger partial charge in [-0.3, -0.25) is 14.4 Å². The molecule has 1 aliphatic rings. The third kappa shape index (κ3) is 13.0. The van der Waals surface area contributed by atoms with Gasteiger partial charge in [-0.2, -0.15) is 0 Å². The molecule has 1 fully saturated rings. The quantitative estimate of drug-likeness (QED) is 0.215. The van der Waals surface area contributed by atoms with Crippen LogP contribution in [0.1, 0.15) is 79.4 Å². The van der Waals surface area contributed by atoms with Crippen LogP contribution in [-0.2, 0) is 30.8 Å². The Morgan fingerprint density at radius 2 is 1.59 bits per heavy atom. The van der Waals surface area contributed by atoms with Gasteiger partial charge in [0.1, 0.15) is 18.1 Å². The lowest BCUT2D eigenvalue weighted by molar-refractivity contribution is -0.144. The summed E-state index contributed by atoms with van der Waals surface area (Å²) >= 11 is 0. The fourth-order valence-corrected chi connectivity index (χ4v) is 6.59. The maximum atomic E-state index is 14.3. The Morgan fingerprint density at radius 3 is 2.10 bits per heavy atom. The highest BCUT2D eigenvalue weighted by molar-refractivity contribution is 7.88. The number of carbonyl (C=O) groups is 4. The van der Waals surface area contributed by atoms with Crippen LogP contribution in [0.15, 0.2) is 24.3 Å². The molecule has 4 N–H and O–H groups in total. The maximum absolute atomic E-state index is 14.3. The summed E-state index contributed by atoms with van der Waals surface area (Å²) in [6.07, 6.45) is -1.76. The van der Waals surface area contributed by atoms with Gasteiger partial charge in [0.25, 0.3) is 0 Å². The van der Waals surface area contributed by atoms with Gasteiger partial charge in [0.15, 0.2) is 0 Å². The van der Waals surface area contributed by atoms with Crippen LogP contribution in [0, 0.1) is 29.6 Å². The van der Waals surface area contributed by atoms with Crippen molar-refractivity contribution >= 4 is 33.8 Å². The number of rotatable bonds is 15. The molecule has 1 aromatic carbocycles. The molecule has 0 spiro atoms. The van der Waals surface area contributed by atoms with Crippen molar-refractivity contribution in [2.24, 2.45) is 22.7 Å². The van der Waals surface area contributed by atoms with Gasteiger partial charge >= 0.3 is 6.03 Å². The van der Waals surface area contributed by atoms with Gasteiger partial charge in [-0.25, -0.2) is 26.3 Å². The van der Waals surface area contributed by atoms with Gasteiger partial charge in [0, 0.05) is 39.1 Å². The van der Waals surface area contributed by atoms with E-state index < -0.39 is 81.6 Å². The normalized spacial score (nSPS) is 18.8. The molecule has 1 saturated heterocycles. The van der Waals surface area contributed by atoms with Crippen LogP contribution >= 0.6 is 0 Å². The minimum atomic E-state index is -3.53. The van der Waals surface area contributed by atoms with Gasteiger partial charge in [0.05, 0.1) is 6.26 Å². The van der Waals surface area contributed by atoms with Gasteiger partial charge < -0.3 is 26.2 Å². The Bertz CT molecular complexity index is 1480. The molecule has 1 heterocycles. The zero-order valence-corrected chi connectivity index (χ0v) is 32.9. The minimum absolute atomic E-state index is 0.00637. The molecule has 12 nitrogen and oxygen atoms in total. The highest BCUT2D eigenvalue weighted by Crippen LogP contribution is 2.33. The van der Waals surface area contributed by atoms with E-state index in [0.29, 0.717) is 12.8 Å². The van der Waals surface area contributed by atoms with Crippen LogP contribution in [-0.4, -0.2) is 105 Å². The fourth-order valence-electron chi connectivity index (χ4n) is 6.17. The van der Waals surface area contributed by atoms with E-state index in [1.165, 1.54) is 11.9 Å². The van der Waals surface area contributed by atoms with E-state index >= 15 is 0 Å². The summed E-state index contributed by atoms with van der Waals surface area (Å²) in [4.78, 5) is 56.3. The number of hydrogen-bond donors (Lipinski definition) is 4. The Morgan fingerprint density at radius 1 is 0.980 bits per heavy atom. The first-order valence-electron chi connectivity index (χ1n) is 17.5. The zero-order valence-electron chi connectivity index (χ0n) is 32.1. The molecule has 0 aliphatic carbocycles. The molecule has 0 saturated carbocycles. The number of hydrogen-bond acceptors (Lipinski definition) is 6. The van der Waals surface area contributed by atoms with Crippen LogP contribution in [0.5, 0.6) is 0 Å². The van der Waals surface area contributed by atoms with Gasteiger partial charge in [-0.05, 0) is 53.6 Å². The summed E-state index contributed by atoms with van der Waals surface area (Å²) in [6, 6.07) is 2.59. The minimum Gasteiger partial charge on any atom is -0.354 e. The van der Waals surface area contributed by atoms with Crippen LogP contribution in [0.25, 0.3) is 0 Å². The molecule has 1 unspecified atom stereocenters. The molecule has 5 atom stereocenters. The van der Waals surface area contributed by atoms with Crippen molar-refractivity contribution in [2.45, 2.75) is 112 Å². The second-order valence-electron chi connectivity index (χ2n) is 16.2. The third-order valence-electron chi connectivity index (χ3n) is 9.60. The van der Waals surface area contributed by atoms with Crippen molar-refractivity contribution in [1.29, 1.82) is 0 Å². The number of alkyl halides is 2. The van der Waals surface area contributed by atoms with E-state index in [-0.39, 0.29) is 31.5 Å². The van der Waals surface area contributed by atoms with E-state index in [2.05, 4.69) is 21.3 Å². The van der Waals surface area contributed by atoms with Crippen molar-refractivity contribution in [2.75, 3.05) is 32.9 Å². The second-order valence-corrected chi connectivity index (χ2v) is 18.3. The van der Waals surface area contributed by atoms with Crippen LogP contribution < -0.4 is 21.3 Å². The first-order chi connectivity index (χ1) is 23.3. The lowest BCUT2D eigenvalue weighted by Crippen LogP contribution is -2.62. The lowest BCUT2D eigenvalue weighted by Gasteiger charge is -2.38. The molecule has 2 rings (SSSR count). The molecule has 51 heavy (non-hydrogen) atoms. The molecule has 15 heteroatoms. The van der Waals surface area contributed by atoms with E-state index in [0.717, 1.165) is 21.7 Å². The molecule has 1 aromatic rings. The third-order valence-corrected chi connectivity index (χ3v) is 10.9. The fraction of sp³-hybridized carbons (Fsp3) is 0.722. The summed E-state index contributed by atoms with van der Waals surface area (Å²) in [5, 5.41) is 10.8. The van der Waals surface area contributed by atoms with Crippen LogP contribution in [0.2, 0.25) is 0 Å². The van der Waals surface area contributed by atoms with Gasteiger partial charge in [-0.1, -0.05) is 79.7 Å². The number of halogens is 2. The lowest BCUT2D eigenvalue weighted by atomic mass is 9.84. The summed E-state index contributed by atoms with van der Waals surface area (Å²) in [5.41, 5.74) is 0.644. The molecule has 290 valence electrons. The summed E-state index contributed by atoms with van der Waals surface area (Å²) < 4.78 is 52.8. The maximum Gasteiger partial charge on any atom is 0.315 e. The summed E-state index contributed by atoms with van der Waals surface area (Å²) in [7, 11) is -2.12. The Balaban J connectivity index is 2.30. The number of urea groups is 1. The standard InChI is InChI=1S/C36H60F2N6O6S/c1-22(2)25-17-19-44(29(25)32(46)40-26(20-28(37)38)31(45)39-18-16-24-15-13-12-14-23(24)3)33(47)30(36(7,8)9)42-34(48)41-27(35(4,5)6)21-43(10)51(11,49)50/h12-15,22,25-30H,16-21H2,1-11H3,(H,39,45)(H,40,46)(H2,41,42,48)/t25?,26-,27+,29-,30+/m0/s1. The number of amides is 5. The van der Waals surface area contributed by atoms with Crippen molar-refractivity contribution < 1.29 is 36.4 Å². The monoisotopic (exact) mass is 742 g/mol. The number of nitrogens with one attached hydrogen (secondary N) is 4. The Labute approximate surface area is 303 Å². The van der Waals surface area contributed by atoms with Gasteiger partial charge in [-0.15, -0.1) is 0 Å². The number of likely N-dealkylation sites (tertiary alicyclic amines) is 1. The first kappa shape index (κ1) is 43.8. The van der Waals surface area contributed by atoms with Crippen molar-refractivity contribution in [3.05, 3.63) is 35.4 Å². The molecular weight excluding hydrogens is 682 g/mol. The first-order valence-corrected chi connectivity index (χ1v) is 19.4. The van der Waals surface area contributed by atoms with E-state index in [1.54, 1.807) is 20.8 Å². The number of sulfonamides is 1. The van der Waals surface area contributed by atoms with E-state index in [4.69, 9.17) is 0 Å². The van der Waals surface area contributed by atoms with Crippen molar-refractivity contribution in [3.8, 4) is 0 Å². The van der Waals surface area contributed by atoms with Crippen LogP contribution in [0.3, 0.4) is 0 Å². The number of aryl methyl sites for hydroxylation is 1. The molecule has 1 aliphatic heterocycles. The molecule has 0 bridgehead atoms. The highest BCUT2D eigenvalue weighted by Gasteiger charge is 2.48. The average Bonchev–Trinajstić information content (AvgIpc) is 3.44. The topological polar surface area (TPSA) is 157 Å². The van der Waals surface area contributed by atoms with Crippen molar-refractivity contribution in [3.63, 3.8) is 0 Å². The number of carbonyl (C=O) groups excluding carboxylic acids is 4.